The molecule has 0 N–H and O–H groups in total. The number of esters is 1. The van der Waals surface area contributed by atoms with Crippen molar-refractivity contribution in [3.8, 4) is 0 Å². The van der Waals surface area contributed by atoms with Crippen LogP contribution in [0, 0.1) is 0 Å². The Morgan fingerprint density at radius 1 is 1.24 bits per heavy atom. The zero-order valence-corrected chi connectivity index (χ0v) is 15.8. The van der Waals surface area contributed by atoms with E-state index in [1.165, 1.54) is 7.11 Å². The number of ether oxygens (including phenoxy) is 2. The average Bonchev–Trinajstić information content (AvgIpc) is 2.55. The van der Waals surface area contributed by atoms with Gasteiger partial charge in [0, 0.05) is 7.05 Å². The van der Waals surface area contributed by atoms with Crippen LogP contribution < -0.4 is 0 Å². The smallest absolute Gasteiger partial charge is 0.338 e. The van der Waals surface area contributed by atoms with E-state index < -0.39 is 0 Å². The van der Waals surface area contributed by atoms with Gasteiger partial charge in [0.15, 0.2) is 12.5 Å². The second-order valence-corrected chi connectivity index (χ2v) is 6.96. The van der Waals surface area contributed by atoms with Crippen LogP contribution >= 0.6 is 0 Å². The van der Waals surface area contributed by atoms with Crippen LogP contribution in [0.25, 0.3) is 0 Å². The Morgan fingerprint density at radius 2 is 1.92 bits per heavy atom. The van der Waals surface area contributed by atoms with Crippen molar-refractivity contribution < 1.29 is 23.9 Å². The molecular weight excluding hydrogens is 324 g/mol. The second-order valence-electron chi connectivity index (χ2n) is 6.96. The van der Waals surface area contributed by atoms with Crippen LogP contribution in [-0.2, 0) is 25.7 Å². The number of hydrogen-bond acceptors (Lipinski definition) is 7. The number of likely N-dealkylation sites (N-methyl/N-ethyl adjacent to an activating group) is 1. The van der Waals surface area contributed by atoms with E-state index in [4.69, 9.17) is 19.1 Å². The van der Waals surface area contributed by atoms with Crippen LogP contribution in [-0.4, -0.2) is 54.9 Å². The highest BCUT2D eigenvalue weighted by atomic mass is 16.8. The Bertz CT molecular complexity index is 587. The maximum atomic E-state index is 11.9. The highest BCUT2D eigenvalue weighted by Gasteiger charge is 2.33. The summed E-state index contributed by atoms with van der Waals surface area (Å²) in [6, 6.07) is 7.30. The number of benzene rings is 1. The molecule has 0 aromatic heterocycles. The summed E-state index contributed by atoms with van der Waals surface area (Å²) in [7, 11) is 3.18. The van der Waals surface area contributed by atoms with Gasteiger partial charge in [-0.3, -0.25) is 9.68 Å². The lowest BCUT2D eigenvalue weighted by Gasteiger charge is -2.42. The minimum Gasteiger partial charge on any atom is -0.465 e. The van der Waals surface area contributed by atoms with Gasteiger partial charge >= 0.3 is 5.97 Å². The highest BCUT2D eigenvalue weighted by Crippen LogP contribution is 2.22. The van der Waals surface area contributed by atoms with Crippen molar-refractivity contribution in [2.45, 2.75) is 52.3 Å². The molecule has 0 amide bonds. The first-order valence-corrected chi connectivity index (χ1v) is 8.34. The molecule has 1 fully saturated rings. The van der Waals surface area contributed by atoms with Crippen molar-refractivity contribution in [1.29, 1.82) is 0 Å². The topological polar surface area (TPSA) is 60.5 Å². The zero-order valence-electron chi connectivity index (χ0n) is 15.8. The molecule has 0 saturated carbocycles. The summed E-state index contributed by atoms with van der Waals surface area (Å²) in [6.45, 7) is 8.61. The molecule has 0 radical (unpaired) electrons. The number of carbonyl (C=O) groups is 1. The summed E-state index contributed by atoms with van der Waals surface area (Å²) in [4.78, 5) is 23.8. The van der Waals surface area contributed by atoms with E-state index in [0.717, 1.165) is 5.56 Å². The summed E-state index contributed by atoms with van der Waals surface area (Å²) in [6.07, 6.45) is -0.678. The summed E-state index contributed by atoms with van der Waals surface area (Å²) >= 11 is 0. The molecule has 0 bridgehead atoms. The van der Waals surface area contributed by atoms with Crippen molar-refractivity contribution in [2.24, 2.45) is 0 Å². The predicted molar refractivity (Wildman–Crippen MR) is 92.2 cm³/mol. The summed E-state index contributed by atoms with van der Waals surface area (Å²) in [5, 5.41) is 3.36. The van der Waals surface area contributed by atoms with Crippen molar-refractivity contribution >= 4 is 5.97 Å². The van der Waals surface area contributed by atoms with Crippen molar-refractivity contribution in [3.05, 3.63) is 35.4 Å². The lowest BCUT2D eigenvalue weighted by atomic mass is 10.1. The van der Waals surface area contributed by atoms with Gasteiger partial charge in [-0.25, -0.2) is 4.79 Å². The monoisotopic (exact) mass is 352 g/mol. The lowest BCUT2D eigenvalue weighted by molar-refractivity contribution is -0.443. The molecule has 2 atom stereocenters. The predicted octanol–water partition coefficient (Wildman–Crippen LogP) is 2.57. The molecule has 25 heavy (non-hydrogen) atoms. The number of nitrogens with zero attached hydrogens (tertiary/aromatic N) is 2. The quantitative estimate of drug-likeness (QED) is 0.755. The number of hydrogen-bond donors (Lipinski definition) is 0. The lowest BCUT2D eigenvalue weighted by Crippen LogP contribution is -2.54. The van der Waals surface area contributed by atoms with Crippen molar-refractivity contribution in [3.63, 3.8) is 0 Å². The molecule has 7 nitrogen and oxygen atoms in total. The van der Waals surface area contributed by atoms with Gasteiger partial charge in [-0.15, -0.1) is 0 Å². The van der Waals surface area contributed by atoms with Gasteiger partial charge in [-0.05, 0) is 39.3 Å². The molecule has 2 unspecified atom stereocenters. The molecule has 0 spiro atoms. The van der Waals surface area contributed by atoms with E-state index in [9.17, 15) is 4.79 Å². The number of methoxy groups -OCH3 is 1. The second kappa shape index (κ2) is 8.25. The van der Waals surface area contributed by atoms with Gasteiger partial charge in [0.25, 0.3) is 0 Å². The maximum Gasteiger partial charge on any atom is 0.338 e. The Balaban J connectivity index is 2.09. The average molecular weight is 352 g/mol. The third-order valence-corrected chi connectivity index (χ3v) is 3.79. The first-order chi connectivity index (χ1) is 11.7. The molecule has 1 aromatic carbocycles. The fourth-order valence-electron chi connectivity index (χ4n) is 2.43. The Kier molecular flexibility index (Phi) is 6.53. The summed E-state index contributed by atoms with van der Waals surface area (Å²) in [5.41, 5.74) is 1.06. The van der Waals surface area contributed by atoms with Crippen LogP contribution in [0.2, 0.25) is 0 Å². The third-order valence-electron chi connectivity index (χ3n) is 3.79. The van der Waals surface area contributed by atoms with Gasteiger partial charge in [-0.2, -0.15) is 10.1 Å². The van der Waals surface area contributed by atoms with Gasteiger partial charge in [0.05, 0.1) is 31.4 Å². The normalized spacial score (nSPS) is 22.8. The van der Waals surface area contributed by atoms with E-state index >= 15 is 0 Å². The Labute approximate surface area is 149 Å². The van der Waals surface area contributed by atoms with E-state index in [0.29, 0.717) is 18.7 Å². The summed E-state index contributed by atoms with van der Waals surface area (Å²) in [5.74, 6) is -0.370. The molecule has 7 heteroatoms. The molecular formula is C18H28N2O5. The number of carbonyl (C=O) groups excluding carboxylic acids is 1. The Hall–Kier alpha value is -1.51. The van der Waals surface area contributed by atoms with Crippen molar-refractivity contribution in [2.75, 3.05) is 20.8 Å². The van der Waals surface area contributed by atoms with Gasteiger partial charge in [-0.1, -0.05) is 18.2 Å². The van der Waals surface area contributed by atoms with Gasteiger partial charge in [0.2, 0.25) is 0 Å². The van der Waals surface area contributed by atoms with Crippen molar-refractivity contribution in [1.82, 2.24) is 10.1 Å². The first kappa shape index (κ1) is 19.8. The van der Waals surface area contributed by atoms with Crippen LogP contribution in [0.15, 0.2) is 24.3 Å². The molecule has 140 valence electrons. The zero-order chi connectivity index (χ0) is 18.6. The number of hydroxylamine groups is 4. The minimum absolute atomic E-state index is 0.268. The Morgan fingerprint density at radius 3 is 2.56 bits per heavy atom. The van der Waals surface area contributed by atoms with Crippen LogP contribution in [0.1, 0.15) is 43.6 Å². The molecule has 1 aliphatic rings. The van der Waals surface area contributed by atoms with Gasteiger partial charge in [0.1, 0.15) is 0 Å². The molecule has 1 saturated heterocycles. The van der Waals surface area contributed by atoms with Crippen LogP contribution in [0.3, 0.4) is 0 Å². The van der Waals surface area contributed by atoms with Crippen LogP contribution in [0.5, 0.6) is 0 Å². The molecule has 1 aromatic rings. The minimum atomic E-state index is -0.374. The maximum absolute atomic E-state index is 11.9. The highest BCUT2D eigenvalue weighted by molar-refractivity contribution is 5.90. The first-order valence-electron chi connectivity index (χ1n) is 8.34. The van der Waals surface area contributed by atoms with E-state index in [2.05, 4.69) is 0 Å². The van der Waals surface area contributed by atoms with E-state index in [1.54, 1.807) is 22.3 Å². The molecule has 1 heterocycles. The van der Waals surface area contributed by atoms with Crippen LogP contribution in [0.4, 0.5) is 0 Å². The number of rotatable bonds is 5. The SMILES string of the molecule is COC(=O)c1ccccc1CN1OC(COC(C)(C)C)N(C)OC1C. The third kappa shape index (κ3) is 5.49. The fourth-order valence-corrected chi connectivity index (χ4v) is 2.43. The largest absolute Gasteiger partial charge is 0.465 e. The molecule has 2 rings (SSSR count). The van der Waals surface area contributed by atoms with E-state index in [1.807, 2.05) is 46.9 Å². The molecule has 0 aliphatic carbocycles. The standard InChI is InChI=1S/C18H28N2O5/c1-13-20(11-14-9-7-8-10-15(14)17(21)22-6)25-16(19(5)24-13)12-23-18(2,3)4/h7-10,13,16H,11-12H2,1-6H3. The fraction of sp³-hybridized carbons (Fsp3) is 0.611. The van der Waals surface area contributed by atoms with E-state index in [-0.39, 0.29) is 24.0 Å². The van der Waals surface area contributed by atoms with Gasteiger partial charge < -0.3 is 9.47 Å². The molecule has 1 aliphatic heterocycles. The summed E-state index contributed by atoms with van der Waals surface area (Å²) < 4.78 is 10.7.